The Kier molecular flexibility index (Phi) is 5.88. The molecule has 26 heavy (non-hydrogen) atoms. The first kappa shape index (κ1) is 18.4. The number of ether oxygens (including phenoxy) is 1. The summed E-state index contributed by atoms with van der Waals surface area (Å²) < 4.78 is 7.04. The van der Waals surface area contributed by atoms with Crippen molar-refractivity contribution in [1.82, 2.24) is 14.9 Å². The van der Waals surface area contributed by atoms with Crippen molar-refractivity contribution in [2.24, 2.45) is 0 Å². The van der Waals surface area contributed by atoms with E-state index in [0.29, 0.717) is 38.7 Å². The summed E-state index contributed by atoms with van der Waals surface area (Å²) in [5.74, 6) is 0.398. The van der Waals surface area contributed by atoms with Crippen LogP contribution >= 0.6 is 0 Å². The molecule has 1 aliphatic heterocycles. The molecule has 1 N–H and O–H groups in total. The highest BCUT2D eigenvalue weighted by Crippen LogP contribution is 2.15. The maximum atomic E-state index is 13.1. The zero-order valence-electron chi connectivity index (χ0n) is 15.4. The van der Waals surface area contributed by atoms with E-state index in [9.17, 15) is 9.59 Å². The maximum absolute atomic E-state index is 13.1. The zero-order valence-corrected chi connectivity index (χ0v) is 15.4. The third kappa shape index (κ3) is 4.04. The lowest BCUT2D eigenvalue weighted by Gasteiger charge is -2.28. The number of nitrogens with zero attached hydrogens (tertiary/aromatic N) is 3. The van der Waals surface area contributed by atoms with Gasteiger partial charge in [-0.2, -0.15) is 0 Å². The molecule has 1 atom stereocenters. The first-order valence-corrected chi connectivity index (χ1v) is 9.21. The Bertz CT molecular complexity index is 827. The molecule has 1 aromatic heterocycles. The second-order valence-corrected chi connectivity index (χ2v) is 6.61. The fraction of sp³-hybridized carbons (Fsp3) is 0.526. The van der Waals surface area contributed by atoms with Crippen molar-refractivity contribution in [3.8, 4) is 0 Å². The number of fused-ring (bicyclic) bond motifs is 1. The lowest BCUT2D eigenvalue weighted by molar-refractivity contribution is -0.121. The summed E-state index contributed by atoms with van der Waals surface area (Å²) >= 11 is 0. The monoisotopic (exact) mass is 358 g/mol. The summed E-state index contributed by atoms with van der Waals surface area (Å²) in [6.45, 7) is 6.81. The van der Waals surface area contributed by atoms with Gasteiger partial charge < -0.3 is 19.5 Å². The molecule has 7 heteroatoms. The van der Waals surface area contributed by atoms with Gasteiger partial charge in [0, 0.05) is 32.1 Å². The molecule has 1 fully saturated rings. The standard InChI is InChI=1S/C19H26N4O3/c1-3-14(2)20-17(24)8-9-23-16-7-5-4-6-15(16)21-18(19(23)25)22-10-12-26-13-11-22/h4-7,14H,3,8-13H2,1-2H3,(H,20,24). The number of carbonyl (C=O) groups excluding carboxylic acids is 1. The van der Waals surface area contributed by atoms with E-state index in [-0.39, 0.29) is 23.9 Å². The van der Waals surface area contributed by atoms with Gasteiger partial charge in [-0.25, -0.2) is 4.98 Å². The van der Waals surface area contributed by atoms with E-state index < -0.39 is 0 Å². The average Bonchev–Trinajstić information content (AvgIpc) is 2.67. The molecule has 0 radical (unpaired) electrons. The molecule has 1 unspecified atom stereocenters. The van der Waals surface area contributed by atoms with Gasteiger partial charge in [0.15, 0.2) is 5.82 Å². The number of amides is 1. The Balaban J connectivity index is 1.91. The second kappa shape index (κ2) is 8.31. The summed E-state index contributed by atoms with van der Waals surface area (Å²) in [5.41, 5.74) is 1.36. The highest BCUT2D eigenvalue weighted by atomic mass is 16.5. The molecule has 0 aliphatic carbocycles. The minimum Gasteiger partial charge on any atom is -0.378 e. The smallest absolute Gasteiger partial charge is 0.294 e. The van der Waals surface area contributed by atoms with E-state index in [4.69, 9.17) is 4.74 Å². The van der Waals surface area contributed by atoms with Crippen molar-refractivity contribution in [3.05, 3.63) is 34.6 Å². The van der Waals surface area contributed by atoms with Gasteiger partial charge in [0.1, 0.15) is 0 Å². The predicted octanol–water partition coefficient (Wildman–Crippen LogP) is 1.54. The quantitative estimate of drug-likeness (QED) is 0.848. The molecule has 1 aliphatic rings. The number of rotatable bonds is 6. The molecular formula is C19H26N4O3. The van der Waals surface area contributed by atoms with E-state index >= 15 is 0 Å². The Morgan fingerprint density at radius 2 is 2.04 bits per heavy atom. The fourth-order valence-corrected chi connectivity index (χ4v) is 3.04. The minimum absolute atomic E-state index is 0.0416. The first-order chi connectivity index (χ1) is 12.6. The van der Waals surface area contributed by atoms with Crippen molar-refractivity contribution in [2.45, 2.75) is 39.3 Å². The van der Waals surface area contributed by atoms with Crippen molar-refractivity contribution in [1.29, 1.82) is 0 Å². The highest BCUT2D eigenvalue weighted by Gasteiger charge is 2.19. The van der Waals surface area contributed by atoms with Crippen molar-refractivity contribution >= 4 is 22.8 Å². The SMILES string of the molecule is CCC(C)NC(=O)CCn1c(=O)c(N2CCOCC2)nc2ccccc21. The summed E-state index contributed by atoms with van der Waals surface area (Å²) in [6.07, 6.45) is 1.14. The molecular weight excluding hydrogens is 332 g/mol. The maximum Gasteiger partial charge on any atom is 0.294 e. The van der Waals surface area contributed by atoms with Crippen LogP contribution in [0.25, 0.3) is 11.0 Å². The first-order valence-electron chi connectivity index (χ1n) is 9.21. The Hall–Kier alpha value is -2.41. The van der Waals surface area contributed by atoms with Crippen LogP contribution in [-0.4, -0.2) is 47.8 Å². The molecule has 140 valence electrons. The summed E-state index contributed by atoms with van der Waals surface area (Å²) in [7, 11) is 0. The molecule has 1 saturated heterocycles. The van der Waals surface area contributed by atoms with Crippen LogP contribution in [0.1, 0.15) is 26.7 Å². The number of morpholine rings is 1. The lowest BCUT2D eigenvalue weighted by atomic mass is 10.2. The normalized spacial score (nSPS) is 15.8. The largest absolute Gasteiger partial charge is 0.378 e. The lowest BCUT2D eigenvalue weighted by Crippen LogP contribution is -2.41. The van der Waals surface area contributed by atoms with Crippen LogP contribution in [-0.2, 0) is 16.1 Å². The van der Waals surface area contributed by atoms with Gasteiger partial charge >= 0.3 is 0 Å². The van der Waals surface area contributed by atoms with E-state index in [1.54, 1.807) is 4.57 Å². The molecule has 7 nitrogen and oxygen atoms in total. The van der Waals surface area contributed by atoms with E-state index in [2.05, 4.69) is 10.3 Å². The molecule has 1 aromatic carbocycles. The summed E-state index contributed by atoms with van der Waals surface area (Å²) in [6, 6.07) is 7.70. The fourth-order valence-electron chi connectivity index (χ4n) is 3.04. The molecule has 3 rings (SSSR count). The van der Waals surface area contributed by atoms with Crippen LogP contribution in [0, 0.1) is 0 Å². The van der Waals surface area contributed by atoms with E-state index in [1.807, 2.05) is 43.0 Å². The Morgan fingerprint density at radius 1 is 1.31 bits per heavy atom. The number of benzene rings is 1. The second-order valence-electron chi connectivity index (χ2n) is 6.61. The molecule has 0 saturated carbocycles. The zero-order chi connectivity index (χ0) is 18.5. The number of aromatic nitrogens is 2. The van der Waals surface area contributed by atoms with Crippen LogP contribution < -0.4 is 15.8 Å². The van der Waals surface area contributed by atoms with Gasteiger partial charge in [0.2, 0.25) is 5.91 Å². The number of anilines is 1. The van der Waals surface area contributed by atoms with Gasteiger partial charge in [-0.1, -0.05) is 19.1 Å². The Morgan fingerprint density at radius 3 is 2.77 bits per heavy atom. The van der Waals surface area contributed by atoms with Gasteiger partial charge in [-0.05, 0) is 25.5 Å². The van der Waals surface area contributed by atoms with Crippen molar-refractivity contribution < 1.29 is 9.53 Å². The highest BCUT2D eigenvalue weighted by molar-refractivity contribution is 5.78. The van der Waals surface area contributed by atoms with Crippen LogP contribution in [0.3, 0.4) is 0 Å². The number of para-hydroxylation sites is 2. The van der Waals surface area contributed by atoms with Crippen molar-refractivity contribution in [2.75, 3.05) is 31.2 Å². The van der Waals surface area contributed by atoms with E-state index in [0.717, 1.165) is 17.5 Å². The summed E-state index contributed by atoms with van der Waals surface area (Å²) in [4.78, 5) is 31.8. The van der Waals surface area contributed by atoms with Crippen LogP contribution in [0.15, 0.2) is 29.1 Å². The van der Waals surface area contributed by atoms with Gasteiger partial charge in [0.05, 0.1) is 24.2 Å². The number of hydrogen-bond acceptors (Lipinski definition) is 5. The Labute approximate surface area is 153 Å². The molecule has 1 amide bonds. The van der Waals surface area contributed by atoms with Crippen molar-refractivity contribution in [3.63, 3.8) is 0 Å². The third-order valence-corrected chi connectivity index (χ3v) is 4.73. The minimum atomic E-state index is -0.151. The van der Waals surface area contributed by atoms with Crippen LogP contribution in [0.5, 0.6) is 0 Å². The average molecular weight is 358 g/mol. The molecule has 2 heterocycles. The number of aryl methyl sites for hydroxylation is 1. The van der Waals surface area contributed by atoms with E-state index in [1.165, 1.54) is 0 Å². The predicted molar refractivity (Wildman–Crippen MR) is 102 cm³/mol. The van der Waals surface area contributed by atoms with Gasteiger partial charge in [0.25, 0.3) is 5.56 Å². The molecule has 0 spiro atoms. The number of nitrogens with one attached hydrogen (secondary N) is 1. The topological polar surface area (TPSA) is 76.5 Å². The van der Waals surface area contributed by atoms with Gasteiger partial charge in [-0.3, -0.25) is 9.59 Å². The van der Waals surface area contributed by atoms with Crippen LogP contribution in [0.2, 0.25) is 0 Å². The van der Waals surface area contributed by atoms with Crippen LogP contribution in [0.4, 0.5) is 5.82 Å². The molecule has 0 bridgehead atoms. The van der Waals surface area contributed by atoms with Gasteiger partial charge in [-0.15, -0.1) is 0 Å². The molecule has 2 aromatic rings. The number of carbonyl (C=O) groups is 1. The summed E-state index contributed by atoms with van der Waals surface area (Å²) in [5, 5.41) is 2.95. The third-order valence-electron chi connectivity index (χ3n) is 4.73. The number of hydrogen-bond donors (Lipinski definition) is 1.